The van der Waals surface area contributed by atoms with Gasteiger partial charge in [0.2, 0.25) is 0 Å². The molecule has 0 spiro atoms. The highest BCUT2D eigenvalue weighted by molar-refractivity contribution is 5.59. The molecule has 0 radical (unpaired) electrons. The molecule has 1 aromatic rings. The number of anilines is 1. The second-order valence-electron chi connectivity index (χ2n) is 5.78. The molecule has 0 saturated carbocycles. The van der Waals surface area contributed by atoms with Crippen molar-refractivity contribution in [1.82, 2.24) is 4.90 Å². The molecule has 0 bridgehead atoms. The third-order valence-corrected chi connectivity index (χ3v) is 3.85. The lowest BCUT2D eigenvalue weighted by molar-refractivity contribution is -0.384. The molecule has 1 aromatic carbocycles. The number of nitrogens with two attached hydrogens (primary N) is 1. The average molecular weight is 279 g/mol. The van der Waals surface area contributed by atoms with Gasteiger partial charge in [-0.3, -0.25) is 15.0 Å². The number of nitro benzene ring substituents is 1. The Hall–Kier alpha value is -1.66. The predicted molar refractivity (Wildman–Crippen MR) is 77.3 cm³/mol. The molecule has 1 fully saturated rings. The van der Waals surface area contributed by atoms with Gasteiger partial charge >= 0.3 is 0 Å². The van der Waals surface area contributed by atoms with Crippen molar-refractivity contribution in [3.63, 3.8) is 0 Å². The standard InChI is InChI=1S/C14H21N3O3/c1-14(18)5-2-7-16(8-6-14)10-11-3-4-12(15)13(9-11)17(19)20/h3-4,9,18H,2,5-8,10,15H2,1H3. The van der Waals surface area contributed by atoms with Crippen LogP contribution in [-0.4, -0.2) is 33.6 Å². The summed E-state index contributed by atoms with van der Waals surface area (Å²) in [6.45, 7) is 4.21. The van der Waals surface area contributed by atoms with Crippen LogP contribution < -0.4 is 5.73 Å². The Labute approximate surface area is 118 Å². The molecule has 6 heteroatoms. The first-order valence-electron chi connectivity index (χ1n) is 6.85. The number of nitrogens with zero attached hydrogens (tertiary/aromatic N) is 2. The third kappa shape index (κ3) is 3.68. The predicted octanol–water partition coefficient (Wildman–Crippen LogP) is 1.91. The van der Waals surface area contributed by atoms with Crippen molar-refractivity contribution in [2.24, 2.45) is 0 Å². The highest BCUT2D eigenvalue weighted by atomic mass is 16.6. The van der Waals surface area contributed by atoms with Crippen LogP contribution in [0.1, 0.15) is 31.7 Å². The summed E-state index contributed by atoms with van der Waals surface area (Å²) in [7, 11) is 0. The van der Waals surface area contributed by atoms with E-state index in [1.54, 1.807) is 12.1 Å². The van der Waals surface area contributed by atoms with Crippen molar-refractivity contribution < 1.29 is 10.0 Å². The van der Waals surface area contributed by atoms with Crippen molar-refractivity contribution in [2.75, 3.05) is 18.8 Å². The number of hydrogen-bond acceptors (Lipinski definition) is 5. The number of rotatable bonds is 3. The van der Waals surface area contributed by atoms with Crippen molar-refractivity contribution in [3.05, 3.63) is 33.9 Å². The molecule has 6 nitrogen and oxygen atoms in total. The fraction of sp³-hybridized carbons (Fsp3) is 0.571. The van der Waals surface area contributed by atoms with Crippen LogP contribution in [0.5, 0.6) is 0 Å². The Morgan fingerprint density at radius 1 is 1.45 bits per heavy atom. The Morgan fingerprint density at radius 3 is 2.90 bits per heavy atom. The molecule has 0 aliphatic carbocycles. The normalized spacial score (nSPS) is 24.3. The summed E-state index contributed by atoms with van der Waals surface area (Å²) in [4.78, 5) is 12.7. The first kappa shape index (κ1) is 14.7. The lowest BCUT2D eigenvalue weighted by atomic mass is 9.98. The monoisotopic (exact) mass is 279 g/mol. The average Bonchev–Trinajstić information content (AvgIpc) is 2.53. The SMILES string of the molecule is CC1(O)CCCN(Cc2ccc(N)c([N+](=O)[O-])c2)CC1. The van der Waals surface area contributed by atoms with E-state index in [0.717, 1.165) is 37.9 Å². The maximum atomic E-state index is 10.9. The molecule has 0 amide bonds. The third-order valence-electron chi connectivity index (χ3n) is 3.85. The lowest BCUT2D eigenvalue weighted by Crippen LogP contribution is -2.28. The molecule has 1 atom stereocenters. The van der Waals surface area contributed by atoms with E-state index in [2.05, 4.69) is 4.90 Å². The molecule has 20 heavy (non-hydrogen) atoms. The lowest BCUT2D eigenvalue weighted by Gasteiger charge is -2.22. The molecule has 1 saturated heterocycles. The first-order chi connectivity index (χ1) is 9.37. The van der Waals surface area contributed by atoms with Gasteiger partial charge in [-0.05, 0) is 44.4 Å². The second kappa shape index (κ2) is 5.76. The van der Waals surface area contributed by atoms with Gasteiger partial charge in [-0.15, -0.1) is 0 Å². The van der Waals surface area contributed by atoms with Gasteiger partial charge in [-0.1, -0.05) is 6.07 Å². The topological polar surface area (TPSA) is 92.6 Å². The van der Waals surface area contributed by atoms with E-state index >= 15 is 0 Å². The van der Waals surface area contributed by atoms with E-state index in [1.807, 2.05) is 13.0 Å². The van der Waals surface area contributed by atoms with Crippen molar-refractivity contribution in [1.29, 1.82) is 0 Å². The van der Waals surface area contributed by atoms with Gasteiger partial charge in [0.1, 0.15) is 5.69 Å². The molecule has 1 aliphatic heterocycles. The van der Waals surface area contributed by atoms with E-state index in [4.69, 9.17) is 5.73 Å². The minimum absolute atomic E-state index is 0.0377. The highest BCUT2D eigenvalue weighted by Gasteiger charge is 2.25. The van der Waals surface area contributed by atoms with Crippen LogP contribution in [-0.2, 0) is 6.54 Å². The van der Waals surface area contributed by atoms with E-state index in [9.17, 15) is 15.2 Å². The second-order valence-corrected chi connectivity index (χ2v) is 5.78. The Morgan fingerprint density at radius 2 is 2.20 bits per heavy atom. The minimum atomic E-state index is -0.595. The van der Waals surface area contributed by atoms with Gasteiger partial charge in [0.05, 0.1) is 10.5 Å². The molecule has 3 N–H and O–H groups in total. The number of nitrogen functional groups attached to an aromatic ring is 1. The fourth-order valence-electron chi connectivity index (χ4n) is 2.58. The number of aliphatic hydroxyl groups is 1. The Kier molecular flexibility index (Phi) is 4.25. The van der Waals surface area contributed by atoms with Crippen LogP contribution >= 0.6 is 0 Å². The molecule has 1 unspecified atom stereocenters. The first-order valence-corrected chi connectivity index (χ1v) is 6.85. The van der Waals surface area contributed by atoms with Gasteiger partial charge < -0.3 is 10.8 Å². The Balaban J connectivity index is 2.06. The van der Waals surface area contributed by atoms with Crippen LogP contribution in [0.2, 0.25) is 0 Å². The molecule has 110 valence electrons. The van der Waals surface area contributed by atoms with Crippen LogP contribution in [0.15, 0.2) is 18.2 Å². The van der Waals surface area contributed by atoms with Crippen LogP contribution in [0.25, 0.3) is 0 Å². The zero-order valence-corrected chi connectivity index (χ0v) is 11.7. The summed E-state index contributed by atoms with van der Waals surface area (Å²) in [5.74, 6) is 0. The van der Waals surface area contributed by atoms with E-state index < -0.39 is 10.5 Å². The van der Waals surface area contributed by atoms with Crippen LogP contribution in [0, 0.1) is 10.1 Å². The molecular formula is C14H21N3O3. The summed E-state index contributed by atoms with van der Waals surface area (Å²) in [6, 6.07) is 4.95. The largest absolute Gasteiger partial charge is 0.393 e. The van der Waals surface area contributed by atoms with Gasteiger partial charge in [-0.2, -0.15) is 0 Å². The zero-order valence-electron chi connectivity index (χ0n) is 11.7. The minimum Gasteiger partial charge on any atom is -0.393 e. The van der Waals surface area contributed by atoms with Gasteiger partial charge in [-0.25, -0.2) is 0 Å². The van der Waals surface area contributed by atoms with Gasteiger partial charge in [0.15, 0.2) is 0 Å². The van der Waals surface area contributed by atoms with Crippen LogP contribution in [0.4, 0.5) is 11.4 Å². The maximum Gasteiger partial charge on any atom is 0.292 e. The summed E-state index contributed by atoms with van der Waals surface area (Å²) < 4.78 is 0. The number of benzene rings is 1. The van der Waals surface area contributed by atoms with Gasteiger partial charge in [0.25, 0.3) is 5.69 Å². The molecule has 1 aliphatic rings. The van der Waals surface area contributed by atoms with Crippen molar-refractivity contribution in [3.8, 4) is 0 Å². The Bertz CT molecular complexity index is 502. The van der Waals surface area contributed by atoms with E-state index in [0.29, 0.717) is 6.54 Å². The molecule has 2 rings (SSSR count). The van der Waals surface area contributed by atoms with E-state index in [-0.39, 0.29) is 11.4 Å². The molecule has 0 aromatic heterocycles. The molecular weight excluding hydrogens is 258 g/mol. The summed E-state index contributed by atoms with van der Waals surface area (Å²) in [5, 5.41) is 20.9. The number of hydrogen-bond donors (Lipinski definition) is 2. The maximum absolute atomic E-state index is 10.9. The van der Waals surface area contributed by atoms with Crippen LogP contribution in [0.3, 0.4) is 0 Å². The van der Waals surface area contributed by atoms with E-state index in [1.165, 1.54) is 0 Å². The summed E-state index contributed by atoms with van der Waals surface area (Å²) in [5.41, 5.74) is 6.04. The highest BCUT2D eigenvalue weighted by Crippen LogP contribution is 2.25. The fourth-order valence-corrected chi connectivity index (χ4v) is 2.58. The molecule has 1 heterocycles. The van der Waals surface area contributed by atoms with Gasteiger partial charge in [0, 0.05) is 19.2 Å². The quantitative estimate of drug-likeness (QED) is 0.501. The van der Waals surface area contributed by atoms with Crippen molar-refractivity contribution >= 4 is 11.4 Å². The number of nitro groups is 1. The van der Waals surface area contributed by atoms with Crippen molar-refractivity contribution in [2.45, 2.75) is 38.3 Å². The number of likely N-dealkylation sites (tertiary alicyclic amines) is 1. The summed E-state index contributed by atoms with van der Waals surface area (Å²) >= 11 is 0. The zero-order chi connectivity index (χ0) is 14.8. The summed E-state index contributed by atoms with van der Waals surface area (Å²) in [6.07, 6.45) is 2.46. The smallest absolute Gasteiger partial charge is 0.292 e.